The van der Waals surface area contributed by atoms with Crippen LogP contribution in [0.15, 0.2) is 95.8 Å². The predicted octanol–water partition coefficient (Wildman–Crippen LogP) is 3.93. The van der Waals surface area contributed by atoms with E-state index in [1.165, 1.54) is 48.6 Å². The zero-order valence-electron chi connectivity index (χ0n) is 20.5. The summed E-state index contributed by atoms with van der Waals surface area (Å²) in [6, 6.07) is 27.4. The molecular weight excluding hydrogens is 471 g/mol. The van der Waals surface area contributed by atoms with Gasteiger partial charge in [0.05, 0.1) is 24.9 Å². The minimum absolute atomic E-state index is 0.0440. The van der Waals surface area contributed by atoms with E-state index in [1.807, 2.05) is 36.4 Å². The highest BCUT2D eigenvalue weighted by molar-refractivity contribution is 5.94. The number of piperazine rings is 1. The molecule has 37 heavy (non-hydrogen) atoms. The van der Waals surface area contributed by atoms with Gasteiger partial charge in [-0.2, -0.15) is 9.78 Å². The van der Waals surface area contributed by atoms with Crippen molar-refractivity contribution in [3.63, 3.8) is 0 Å². The Morgan fingerprint density at radius 2 is 1.43 bits per heavy atom. The first-order chi connectivity index (χ1) is 18.0. The summed E-state index contributed by atoms with van der Waals surface area (Å²) in [4.78, 5) is 30.3. The van der Waals surface area contributed by atoms with Crippen LogP contribution in [0.1, 0.15) is 27.7 Å². The van der Waals surface area contributed by atoms with Crippen molar-refractivity contribution in [2.24, 2.45) is 0 Å². The lowest BCUT2D eigenvalue weighted by Crippen LogP contribution is -2.50. The van der Waals surface area contributed by atoms with Crippen molar-refractivity contribution < 1.29 is 13.9 Å². The lowest BCUT2D eigenvalue weighted by molar-refractivity contribution is 0.0586. The molecule has 1 aliphatic heterocycles. The monoisotopic (exact) mass is 498 g/mol. The van der Waals surface area contributed by atoms with Gasteiger partial charge in [0.1, 0.15) is 5.82 Å². The van der Waals surface area contributed by atoms with Crippen LogP contribution < -0.4 is 10.3 Å². The molecule has 3 aromatic carbocycles. The van der Waals surface area contributed by atoms with Gasteiger partial charge in [0, 0.05) is 26.2 Å². The minimum Gasteiger partial charge on any atom is -0.494 e. The first-order valence-electron chi connectivity index (χ1n) is 12.1. The molecule has 1 saturated heterocycles. The quantitative estimate of drug-likeness (QED) is 0.403. The van der Waals surface area contributed by atoms with Gasteiger partial charge >= 0.3 is 0 Å². The van der Waals surface area contributed by atoms with E-state index in [1.54, 1.807) is 4.90 Å². The van der Waals surface area contributed by atoms with Crippen LogP contribution in [-0.2, 0) is 0 Å². The largest absolute Gasteiger partial charge is 0.494 e. The van der Waals surface area contributed by atoms with Gasteiger partial charge in [-0.25, -0.2) is 4.39 Å². The van der Waals surface area contributed by atoms with E-state index >= 15 is 0 Å². The Balaban J connectivity index is 1.38. The van der Waals surface area contributed by atoms with Crippen molar-refractivity contribution in [3.05, 3.63) is 124 Å². The van der Waals surface area contributed by atoms with Crippen molar-refractivity contribution in [2.75, 3.05) is 33.3 Å². The highest BCUT2D eigenvalue weighted by atomic mass is 19.1. The number of hydrogen-bond donors (Lipinski definition) is 0. The number of methoxy groups -OCH3 is 1. The third-order valence-electron chi connectivity index (χ3n) is 6.59. The molecule has 4 aromatic rings. The van der Waals surface area contributed by atoms with Crippen LogP contribution >= 0.6 is 0 Å². The maximum atomic E-state index is 13.5. The van der Waals surface area contributed by atoms with Gasteiger partial charge in [0.2, 0.25) is 0 Å². The Kier molecular flexibility index (Phi) is 7.09. The Bertz CT molecular complexity index is 1380. The van der Waals surface area contributed by atoms with E-state index in [0.29, 0.717) is 31.9 Å². The second-order valence-corrected chi connectivity index (χ2v) is 8.84. The molecule has 7 nitrogen and oxygen atoms in total. The van der Waals surface area contributed by atoms with Crippen molar-refractivity contribution in [3.8, 4) is 11.4 Å². The van der Waals surface area contributed by atoms with E-state index in [4.69, 9.17) is 4.74 Å². The Hall–Kier alpha value is -4.30. The standard InChI is InChI=1S/C29H27FN4O3/c1-37-25-20-26(35)34(24-14-12-23(30)13-15-24)31-27(25)29(36)33-18-16-32(17-19-33)28(21-8-4-2-5-9-21)22-10-6-3-7-11-22/h2-15,20,28H,16-19H2,1H3. The molecule has 0 saturated carbocycles. The van der Waals surface area contributed by atoms with Crippen LogP contribution in [0.4, 0.5) is 4.39 Å². The fourth-order valence-electron chi connectivity index (χ4n) is 4.73. The summed E-state index contributed by atoms with van der Waals surface area (Å²) in [7, 11) is 1.40. The van der Waals surface area contributed by atoms with Crippen LogP contribution in [0, 0.1) is 5.82 Å². The Labute approximate surface area is 214 Å². The molecule has 2 heterocycles. The second-order valence-electron chi connectivity index (χ2n) is 8.84. The lowest BCUT2D eigenvalue weighted by Gasteiger charge is -2.39. The molecule has 1 aliphatic rings. The first-order valence-corrected chi connectivity index (χ1v) is 12.1. The van der Waals surface area contributed by atoms with Crippen molar-refractivity contribution >= 4 is 5.91 Å². The van der Waals surface area contributed by atoms with E-state index in [0.717, 1.165) is 4.68 Å². The molecule has 0 N–H and O–H groups in total. The first kappa shape index (κ1) is 24.4. The molecule has 0 unspecified atom stereocenters. The number of rotatable bonds is 6. The zero-order chi connectivity index (χ0) is 25.8. The van der Waals surface area contributed by atoms with Gasteiger partial charge in [-0.05, 0) is 35.4 Å². The van der Waals surface area contributed by atoms with E-state index in [2.05, 4.69) is 34.3 Å². The molecule has 1 aromatic heterocycles. The summed E-state index contributed by atoms with van der Waals surface area (Å²) in [5.74, 6) is -0.630. The van der Waals surface area contributed by atoms with Crippen molar-refractivity contribution in [1.29, 1.82) is 0 Å². The molecule has 0 spiro atoms. The van der Waals surface area contributed by atoms with Crippen LogP contribution in [0.3, 0.4) is 0 Å². The Morgan fingerprint density at radius 3 is 1.97 bits per heavy atom. The van der Waals surface area contributed by atoms with Gasteiger partial charge in [-0.3, -0.25) is 14.5 Å². The number of nitrogens with zero attached hydrogens (tertiary/aromatic N) is 4. The molecule has 0 bridgehead atoms. The average Bonchev–Trinajstić information content (AvgIpc) is 2.95. The van der Waals surface area contributed by atoms with Crippen LogP contribution in [0.25, 0.3) is 5.69 Å². The van der Waals surface area contributed by atoms with Crippen molar-refractivity contribution in [1.82, 2.24) is 19.6 Å². The normalized spacial score (nSPS) is 14.1. The fraction of sp³-hybridized carbons (Fsp3) is 0.207. The summed E-state index contributed by atoms with van der Waals surface area (Å²) >= 11 is 0. The zero-order valence-corrected chi connectivity index (χ0v) is 20.5. The number of amides is 1. The third-order valence-corrected chi connectivity index (χ3v) is 6.59. The lowest BCUT2D eigenvalue weighted by atomic mass is 9.96. The summed E-state index contributed by atoms with van der Waals surface area (Å²) in [6.07, 6.45) is 0. The molecule has 8 heteroatoms. The maximum absolute atomic E-state index is 13.5. The predicted molar refractivity (Wildman–Crippen MR) is 139 cm³/mol. The number of carbonyl (C=O) groups excluding carboxylic acids is 1. The minimum atomic E-state index is -0.474. The van der Waals surface area contributed by atoms with Crippen LogP contribution in [0.5, 0.6) is 5.75 Å². The molecule has 1 amide bonds. The number of hydrogen-bond acceptors (Lipinski definition) is 5. The van der Waals surface area contributed by atoms with Gasteiger partial charge < -0.3 is 9.64 Å². The molecule has 0 atom stereocenters. The Morgan fingerprint density at radius 1 is 0.865 bits per heavy atom. The summed E-state index contributed by atoms with van der Waals surface area (Å²) in [5.41, 5.74) is 2.33. The number of ether oxygens (including phenoxy) is 1. The van der Waals surface area contributed by atoms with Crippen LogP contribution in [0.2, 0.25) is 0 Å². The molecule has 0 radical (unpaired) electrons. The number of halogens is 1. The highest BCUT2D eigenvalue weighted by Gasteiger charge is 2.30. The smallest absolute Gasteiger partial charge is 0.278 e. The summed E-state index contributed by atoms with van der Waals surface area (Å²) in [5, 5.41) is 4.32. The molecule has 5 rings (SSSR count). The molecule has 1 fully saturated rings. The van der Waals surface area contributed by atoms with E-state index in [-0.39, 0.29) is 23.4 Å². The van der Waals surface area contributed by atoms with Crippen molar-refractivity contribution in [2.45, 2.75) is 6.04 Å². The number of aromatic nitrogens is 2. The van der Waals surface area contributed by atoms with E-state index in [9.17, 15) is 14.0 Å². The average molecular weight is 499 g/mol. The molecule has 188 valence electrons. The number of carbonyl (C=O) groups is 1. The molecular formula is C29H27FN4O3. The third kappa shape index (κ3) is 5.15. The topological polar surface area (TPSA) is 67.7 Å². The van der Waals surface area contributed by atoms with Gasteiger partial charge in [-0.15, -0.1) is 0 Å². The fourth-order valence-corrected chi connectivity index (χ4v) is 4.73. The summed E-state index contributed by atoms with van der Waals surface area (Å²) < 4.78 is 19.8. The highest BCUT2D eigenvalue weighted by Crippen LogP contribution is 2.30. The van der Waals surface area contributed by atoms with Gasteiger partial charge in [0.15, 0.2) is 11.4 Å². The van der Waals surface area contributed by atoms with E-state index < -0.39 is 11.4 Å². The SMILES string of the molecule is COc1cc(=O)n(-c2ccc(F)cc2)nc1C(=O)N1CCN(C(c2ccccc2)c2ccccc2)CC1. The van der Waals surface area contributed by atoms with Crippen LogP contribution in [-0.4, -0.2) is 58.8 Å². The molecule has 0 aliphatic carbocycles. The van der Waals surface area contributed by atoms with Gasteiger partial charge in [0.25, 0.3) is 11.5 Å². The number of benzene rings is 3. The second kappa shape index (κ2) is 10.8. The summed E-state index contributed by atoms with van der Waals surface area (Å²) in [6.45, 7) is 2.32. The maximum Gasteiger partial charge on any atom is 0.278 e. The van der Waals surface area contributed by atoms with Gasteiger partial charge in [-0.1, -0.05) is 60.7 Å².